The van der Waals surface area contributed by atoms with Crippen LogP contribution in [0.1, 0.15) is 58.8 Å². The average molecular weight is 308 g/mol. The molecule has 2 rings (SSSR count). The molecule has 1 aromatic heterocycles. The quantitative estimate of drug-likeness (QED) is 0.921. The van der Waals surface area contributed by atoms with Crippen molar-refractivity contribution in [2.75, 3.05) is 13.1 Å². The molecule has 0 unspecified atom stereocenters. The fraction of sp³-hybridized carbons (Fsp3) is 0.706. The van der Waals surface area contributed by atoms with Crippen LogP contribution in [0.3, 0.4) is 0 Å². The van der Waals surface area contributed by atoms with Crippen molar-refractivity contribution in [2.24, 2.45) is 0 Å². The predicted molar refractivity (Wildman–Crippen MR) is 85.7 cm³/mol. The first-order valence-electron chi connectivity index (χ1n) is 8.13. The van der Waals surface area contributed by atoms with E-state index in [4.69, 9.17) is 9.15 Å². The van der Waals surface area contributed by atoms with Crippen molar-refractivity contribution < 1.29 is 13.9 Å². The Hall–Kier alpha value is -1.49. The number of likely N-dealkylation sites (tertiary alicyclic amines) is 1. The molecule has 2 atom stereocenters. The summed E-state index contributed by atoms with van der Waals surface area (Å²) in [6.07, 6.45) is 4.84. The van der Waals surface area contributed by atoms with Gasteiger partial charge in [0, 0.05) is 12.6 Å². The SMILES string of the molecule is C[C@@H](c1ccco1)N1CCCC[C@@H]1CNC(=O)OC(C)(C)C. The fourth-order valence-electron chi connectivity index (χ4n) is 2.96. The molecule has 0 saturated carbocycles. The van der Waals surface area contributed by atoms with E-state index in [1.807, 2.05) is 32.9 Å². The number of nitrogens with one attached hydrogen (secondary N) is 1. The van der Waals surface area contributed by atoms with Gasteiger partial charge in [-0.1, -0.05) is 6.42 Å². The molecule has 0 bridgehead atoms. The number of piperidine rings is 1. The normalized spacial score (nSPS) is 21.4. The first-order chi connectivity index (χ1) is 10.4. The Balaban J connectivity index is 1.91. The largest absolute Gasteiger partial charge is 0.468 e. The Bertz CT molecular complexity index is 465. The average Bonchev–Trinajstić information content (AvgIpc) is 2.97. The second-order valence-electron chi connectivity index (χ2n) is 6.96. The third-order valence-electron chi connectivity index (χ3n) is 4.01. The number of carbonyl (C=O) groups excluding carboxylic acids is 1. The molecule has 1 saturated heterocycles. The fourth-order valence-corrected chi connectivity index (χ4v) is 2.96. The third-order valence-corrected chi connectivity index (χ3v) is 4.01. The third kappa shape index (κ3) is 4.77. The molecule has 2 heterocycles. The first kappa shape index (κ1) is 16.9. The first-order valence-corrected chi connectivity index (χ1v) is 8.13. The van der Waals surface area contributed by atoms with Crippen molar-refractivity contribution in [3.8, 4) is 0 Å². The van der Waals surface area contributed by atoms with E-state index in [2.05, 4.69) is 17.1 Å². The lowest BCUT2D eigenvalue weighted by atomic mass is 9.99. The number of carbonyl (C=O) groups is 1. The smallest absolute Gasteiger partial charge is 0.407 e. The number of amides is 1. The van der Waals surface area contributed by atoms with Crippen LogP contribution in [0, 0.1) is 0 Å². The predicted octanol–water partition coefficient (Wildman–Crippen LogP) is 3.72. The molecule has 0 radical (unpaired) electrons. The number of nitrogens with zero attached hydrogens (tertiary/aromatic N) is 1. The minimum absolute atomic E-state index is 0.223. The zero-order valence-corrected chi connectivity index (χ0v) is 14.1. The molecule has 1 amide bonds. The molecule has 1 aliphatic rings. The number of ether oxygens (including phenoxy) is 1. The number of hydrogen-bond donors (Lipinski definition) is 1. The monoisotopic (exact) mass is 308 g/mol. The maximum atomic E-state index is 11.8. The summed E-state index contributed by atoms with van der Waals surface area (Å²) >= 11 is 0. The van der Waals surface area contributed by atoms with E-state index >= 15 is 0 Å². The van der Waals surface area contributed by atoms with E-state index in [-0.39, 0.29) is 12.1 Å². The lowest BCUT2D eigenvalue weighted by Gasteiger charge is -2.39. The molecule has 1 fully saturated rings. The Kier molecular flexibility index (Phi) is 5.51. The van der Waals surface area contributed by atoms with Crippen molar-refractivity contribution in [2.45, 2.75) is 64.6 Å². The molecule has 1 aromatic rings. The van der Waals surface area contributed by atoms with Crippen molar-refractivity contribution in [3.63, 3.8) is 0 Å². The van der Waals surface area contributed by atoms with E-state index in [1.54, 1.807) is 6.26 Å². The van der Waals surface area contributed by atoms with Crippen LogP contribution in [-0.4, -0.2) is 35.7 Å². The van der Waals surface area contributed by atoms with Crippen LogP contribution in [0.25, 0.3) is 0 Å². The van der Waals surface area contributed by atoms with Gasteiger partial charge >= 0.3 is 6.09 Å². The molecule has 1 N–H and O–H groups in total. The van der Waals surface area contributed by atoms with Gasteiger partial charge in [-0.3, -0.25) is 4.90 Å². The molecule has 22 heavy (non-hydrogen) atoms. The highest BCUT2D eigenvalue weighted by Crippen LogP contribution is 2.28. The molecule has 5 heteroatoms. The van der Waals surface area contributed by atoms with Crippen LogP contribution in [0.5, 0.6) is 0 Å². The van der Waals surface area contributed by atoms with E-state index in [0.29, 0.717) is 12.6 Å². The van der Waals surface area contributed by atoms with Gasteiger partial charge < -0.3 is 14.5 Å². The van der Waals surface area contributed by atoms with E-state index in [9.17, 15) is 4.79 Å². The topological polar surface area (TPSA) is 54.7 Å². The number of furan rings is 1. The van der Waals surface area contributed by atoms with Gasteiger partial charge in [0.05, 0.1) is 12.3 Å². The lowest BCUT2D eigenvalue weighted by molar-refractivity contribution is 0.0462. The van der Waals surface area contributed by atoms with Crippen molar-refractivity contribution in [1.29, 1.82) is 0 Å². The van der Waals surface area contributed by atoms with Gasteiger partial charge in [-0.25, -0.2) is 4.79 Å². The maximum absolute atomic E-state index is 11.8. The minimum Gasteiger partial charge on any atom is -0.468 e. The molecular formula is C17H28N2O3. The summed E-state index contributed by atoms with van der Waals surface area (Å²) in [5.41, 5.74) is -0.461. The number of alkyl carbamates (subject to hydrolysis) is 1. The second kappa shape index (κ2) is 7.18. The molecular weight excluding hydrogens is 280 g/mol. The molecule has 5 nitrogen and oxygen atoms in total. The summed E-state index contributed by atoms with van der Waals surface area (Å²) in [7, 11) is 0. The van der Waals surface area contributed by atoms with Gasteiger partial charge in [0.15, 0.2) is 0 Å². The van der Waals surface area contributed by atoms with Crippen LogP contribution in [0.2, 0.25) is 0 Å². The van der Waals surface area contributed by atoms with E-state index in [1.165, 1.54) is 12.8 Å². The van der Waals surface area contributed by atoms with Crippen molar-refractivity contribution in [1.82, 2.24) is 10.2 Å². The highest BCUT2D eigenvalue weighted by atomic mass is 16.6. The Morgan fingerprint density at radius 1 is 1.50 bits per heavy atom. The Morgan fingerprint density at radius 3 is 2.91 bits per heavy atom. The van der Waals surface area contributed by atoms with Gasteiger partial charge in [0.2, 0.25) is 0 Å². The molecule has 0 aliphatic carbocycles. The minimum atomic E-state index is -0.461. The van der Waals surface area contributed by atoms with Crippen molar-refractivity contribution in [3.05, 3.63) is 24.2 Å². The number of rotatable bonds is 4. The van der Waals surface area contributed by atoms with Crippen LogP contribution in [0.15, 0.2) is 22.8 Å². The highest BCUT2D eigenvalue weighted by molar-refractivity contribution is 5.67. The molecule has 0 aromatic carbocycles. The van der Waals surface area contributed by atoms with Gasteiger partial charge in [0.1, 0.15) is 11.4 Å². The lowest BCUT2D eigenvalue weighted by Crippen LogP contribution is -2.48. The summed E-state index contributed by atoms with van der Waals surface area (Å²) in [4.78, 5) is 14.3. The molecule has 1 aliphatic heterocycles. The van der Waals surface area contributed by atoms with Crippen LogP contribution >= 0.6 is 0 Å². The number of hydrogen-bond acceptors (Lipinski definition) is 4. The van der Waals surface area contributed by atoms with Crippen molar-refractivity contribution >= 4 is 6.09 Å². The second-order valence-corrected chi connectivity index (χ2v) is 6.96. The van der Waals surface area contributed by atoms with Gasteiger partial charge in [-0.15, -0.1) is 0 Å². The summed E-state index contributed by atoms with van der Waals surface area (Å²) in [5, 5.41) is 2.91. The summed E-state index contributed by atoms with van der Waals surface area (Å²) < 4.78 is 10.8. The van der Waals surface area contributed by atoms with Gasteiger partial charge in [-0.2, -0.15) is 0 Å². The van der Waals surface area contributed by atoms with Crippen LogP contribution in [0.4, 0.5) is 4.79 Å². The highest BCUT2D eigenvalue weighted by Gasteiger charge is 2.29. The summed E-state index contributed by atoms with van der Waals surface area (Å²) in [6.45, 7) is 9.42. The summed E-state index contributed by atoms with van der Waals surface area (Å²) in [5.74, 6) is 0.976. The van der Waals surface area contributed by atoms with E-state index in [0.717, 1.165) is 18.7 Å². The zero-order valence-electron chi connectivity index (χ0n) is 14.1. The van der Waals surface area contributed by atoms with Gasteiger partial charge in [0.25, 0.3) is 0 Å². The Labute approximate surface area is 133 Å². The zero-order chi connectivity index (χ0) is 16.2. The van der Waals surface area contributed by atoms with E-state index < -0.39 is 5.60 Å². The summed E-state index contributed by atoms with van der Waals surface area (Å²) in [6, 6.07) is 4.48. The van der Waals surface area contributed by atoms with Crippen LogP contribution < -0.4 is 5.32 Å². The molecule has 124 valence electrons. The van der Waals surface area contributed by atoms with Gasteiger partial charge in [-0.05, 0) is 59.2 Å². The van der Waals surface area contributed by atoms with Crippen LogP contribution in [-0.2, 0) is 4.74 Å². The standard InChI is InChI=1S/C17H28N2O3/c1-13(15-9-7-11-21-15)19-10-6-5-8-14(19)12-18-16(20)22-17(2,3)4/h7,9,11,13-14H,5-6,8,10,12H2,1-4H3,(H,18,20)/t13-,14+/m0/s1. The molecule has 0 spiro atoms. The maximum Gasteiger partial charge on any atom is 0.407 e. The Morgan fingerprint density at radius 2 is 2.27 bits per heavy atom.